The first-order valence-corrected chi connectivity index (χ1v) is 11.2. The molecule has 9 nitrogen and oxygen atoms in total. The lowest BCUT2D eigenvalue weighted by Crippen LogP contribution is -2.48. The molecule has 0 saturated heterocycles. The Kier molecular flexibility index (Phi) is 5.65. The van der Waals surface area contributed by atoms with Gasteiger partial charge in [0.05, 0.1) is 0 Å². The van der Waals surface area contributed by atoms with Crippen LogP contribution in [0.25, 0.3) is 0 Å². The minimum Gasteiger partial charge on any atom is -0.330 e. The maximum absolute atomic E-state index is 11.2. The van der Waals surface area contributed by atoms with E-state index >= 15 is 0 Å². The van der Waals surface area contributed by atoms with Crippen molar-refractivity contribution < 1.29 is 19.8 Å². The molecule has 1 aromatic rings. The van der Waals surface area contributed by atoms with Crippen LogP contribution in [-0.2, 0) is 15.1 Å². The van der Waals surface area contributed by atoms with Crippen LogP contribution in [0.3, 0.4) is 0 Å². The minimum atomic E-state index is -1.03. The van der Waals surface area contributed by atoms with Gasteiger partial charge in [0.25, 0.3) is 10.2 Å². The average Bonchev–Trinajstić information content (AvgIpc) is 2.93. The third kappa shape index (κ3) is 3.62. The van der Waals surface area contributed by atoms with Gasteiger partial charge in [0.15, 0.2) is 0 Å². The fourth-order valence-corrected chi connectivity index (χ4v) is 7.35. The fourth-order valence-electron chi connectivity index (χ4n) is 7.35. The van der Waals surface area contributed by atoms with Crippen molar-refractivity contribution in [3.05, 3.63) is 67.8 Å². The molecule has 3 aliphatic carbocycles. The van der Waals surface area contributed by atoms with Gasteiger partial charge < -0.3 is 15.4 Å². The number of rotatable bonds is 10. The first-order valence-electron chi connectivity index (χ1n) is 11.2. The third-order valence-electron chi connectivity index (χ3n) is 8.32. The molecule has 3 aliphatic rings. The van der Waals surface area contributed by atoms with Crippen LogP contribution >= 0.6 is 0 Å². The zero-order valence-electron chi connectivity index (χ0n) is 18.6. The molecule has 32 heavy (non-hydrogen) atoms. The van der Waals surface area contributed by atoms with Crippen LogP contribution in [0.2, 0.25) is 0 Å². The Bertz CT molecular complexity index is 924. The van der Waals surface area contributed by atoms with Gasteiger partial charge in [-0.25, -0.2) is 0 Å². The largest absolute Gasteiger partial charge is 0.330 e. The van der Waals surface area contributed by atoms with Crippen LogP contribution in [0.5, 0.6) is 0 Å². The number of hydrogen-bond donors (Lipinski definition) is 1. The Hall–Kier alpha value is -2.68. The van der Waals surface area contributed by atoms with E-state index in [0.717, 1.165) is 25.7 Å². The molecule has 9 heteroatoms. The Morgan fingerprint density at radius 2 is 1.91 bits per heavy atom. The molecule has 1 aromatic carbocycles. The SMILES string of the molecule is CCC(C(CO[N+](=O)[O-])O[N+](=O)[O-])C1(C)C=C2CC3(c4ccccc4)CC(CN)(CC23)C1. The van der Waals surface area contributed by atoms with E-state index in [0.29, 0.717) is 18.9 Å². The average molecular weight is 446 g/mol. The fraction of sp³-hybridized carbons (Fsp3) is 0.652. The number of fused-ring (bicyclic) bond motifs is 1. The zero-order valence-corrected chi connectivity index (χ0v) is 18.6. The quantitative estimate of drug-likeness (QED) is 0.329. The second kappa shape index (κ2) is 8.03. The van der Waals surface area contributed by atoms with Gasteiger partial charge in [0.2, 0.25) is 0 Å². The predicted molar refractivity (Wildman–Crippen MR) is 116 cm³/mol. The number of benzene rings is 1. The summed E-state index contributed by atoms with van der Waals surface area (Å²) in [5.74, 6) is 0.0903. The van der Waals surface area contributed by atoms with Gasteiger partial charge in [0, 0.05) is 5.41 Å². The van der Waals surface area contributed by atoms with Gasteiger partial charge in [-0.1, -0.05) is 62.2 Å². The van der Waals surface area contributed by atoms with Crippen LogP contribution in [0.4, 0.5) is 0 Å². The van der Waals surface area contributed by atoms with Crippen molar-refractivity contribution in [3.8, 4) is 0 Å². The van der Waals surface area contributed by atoms with E-state index in [1.54, 1.807) is 0 Å². The highest BCUT2D eigenvalue weighted by atomic mass is 17.0. The van der Waals surface area contributed by atoms with Crippen LogP contribution in [0, 0.1) is 42.9 Å². The van der Waals surface area contributed by atoms with Crippen LogP contribution in [0.15, 0.2) is 42.0 Å². The lowest BCUT2D eigenvalue weighted by Gasteiger charge is -2.52. The second-order valence-corrected chi connectivity index (χ2v) is 10.1. The van der Waals surface area contributed by atoms with E-state index in [-0.39, 0.29) is 16.7 Å². The van der Waals surface area contributed by atoms with Crippen molar-refractivity contribution in [3.63, 3.8) is 0 Å². The molecule has 4 rings (SSSR count). The normalized spacial score (nSPS) is 34.5. The molecule has 2 saturated carbocycles. The van der Waals surface area contributed by atoms with Gasteiger partial charge in [0.1, 0.15) is 12.7 Å². The van der Waals surface area contributed by atoms with Gasteiger partial charge in [-0.3, -0.25) is 0 Å². The molecule has 2 bridgehead atoms. The van der Waals surface area contributed by atoms with Crippen molar-refractivity contribution in [2.24, 2.45) is 28.4 Å². The Morgan fingerprint density at radius 1 is 1.19 bits per heavy atom. The summed E-state index contributed by atoms with van der Waals surface area (Å²) in [4.78, 5) is 31.4. The summed E-state index contributed by atoms with van der Waals surface area (Å²) in [7, 11) is 0. The van der Waals surface area contributed by atoms with Crippen molar-refractivity contribution in [1.29, 1.82) is 0 Å². The number of hydrogen-bond acceptors (Lipinski definition) is 7. The van der Waals surface area contributed by atoms with Crippen molar-refractivity contribution in [2.45, 2.75) is 57.5 Å². The molecule has 0 spiro atoms. The first kappa shape index (κ1) is 22.5. The van der Waals surface area contributed by atoms with E-state index < -0.39 is 28.3 Å². The summed E-state index contributed by atoms with van der Waals surface area (Å²) in [5.41, 5.74) is 8.71. The number of nitrogens with zero attached hydrogens (tertiary/aromatic N) is 2. The van der Waals surface area contributed by atoms with Crippen LogP contribution in [-0.4, -0.2) is 29.4 Å². The number of allylic oxidation sites excluding steroid dienone is 2. The number of nitrogens with two attached hydrogens (primary N) is 1. The smallest absolute Gasteiger partial charge is 0.294 e. The second-order valence-electron chi connectivity index (χ2n) is 10.1. The maximum Gasteiger partial charge on any atom is 0.294 e. The molecule has 174 valence electrons. The summed E-state index contributed by atoms with van der Waals surface area (Å²) in [5, 5.41) is 20.1. The first-order chi connectivity index (χ1) is 15.2. The molecular formula is C23H31N3O6. The molecular weight excluding hydrogens is 414 g/mol. The van der Waals surface area contributed by atoms with Crippen LogP contribution in [0.1, 0.15) is 51.5 Å². The summed E-state index contributed by atoms with van der Waals surface area (Å²) < 4.78 is 0. The molecule has 6 atom stereocenters. The highest BCUT2D eigenvalue weighted by molar-refractivity contribution is 5.45. The topological polar surface area (TPSA) is 131 Å². The molecule has 0 heterocycles. The Morgan fingerprint density at radius 3 is 2.50 bits per heavy atom. The van der Waals surface area contributed by atoms with E-state index in [1.165, 1.54) is 11.1 Å². The van der Waals surface area contributed by atoms with Gasteiger partial charge in [-0.15, -0.1) is 20.2 Å². The summed E-state index contributed by atoms with van der Waals surface area (Å²) in [6.45, 7) is 4.09. The molecule has 0 radical (unpaired) electrons. The standard InChI is InChI=1S/C23H31N3O6/c1-3-18(20(32-26(29)30)12-31-25(27)28)21(2)9-16-10-23(17-7-5-4-6-8-17)14-22(13-21,15-24)11-19(16)23/h4-9,18-20H,3,10-15,24H2,1-2H3. The van der Waals surface area contributed by atoms with Crippen molar-refractivity contribution in [1.82, 2.24) is 0 Å². The van der Waals surface area contributed by atoms with Crippen LogP contribution < -0.4 is 5.73 Å². The highest BCUT2D eigenvalue weighted by Gasteiger charge is 2.65. The lowest BCUT2D eigenvalue weighted by molar-refractivity contribution is -0.792. The van der Waals surface area contributed by atoms with Gasteiger partial charge in [-0.05, 0) is 60.5 Å². The van der Waals surface area contributed by atoms with Gasteiger partial charge >= 0.3 is 0 Å². The third-order valence-corrected chi connectivity index (χ3v) is 8.32. The highest BCUT2D eigenvalue weighted by Crippen LogP contribution is 2.71. The molecule has 6 unspecified atom stereocenters. The van der Waals surface area contributed by atoms with E-state index in [2.05, 4.69) is 42.1 Å². The summed E-state index contributed by atoms with van der Waals surface area (Å²) >= 11 is 0. The molecule has 2 fully saturated rings. The lowest BCUT2D eigenvalue weighted by atomic mass is 9.52. The van der Waals surface area contributed by atoms with E-state index in [9.17, 15) is 20.2 Å². The Balaban J connectivity index is 1.69. The van der Waals surface area contributed by atoms with Gasteiger partial charge in [-0.2, -0.15) is 0 Å². The monoisotopic (exact) mass is 445 g/mol. The maximum atomic E-state index is 11.2. The predicted octanol–water partition coefficient (Wildman–Crippen LogP) is 3.83. The van der Waals surface area contributed by atoms with E-state index in [4.69, 9.17) is 10.6 Å². The van der Waals surface area contributed by atoms with E-state index in [1.807, 2.05) is 13.0 Å². The molecule has 2 N–H and O–H groups in total. The van der Waals surface area contributed by atoms with Crippen molar-refractivity contribution in [2.75, 3.05) is 13.2 Å². The molecule has 0 amide bonds. The molecule has 0 aliphatic heterocycles. The minimum absolute atomic E-state index is 0.0967. The molecule has 0 aromatic heterocycles. The van der Waals surface area contributed by atoms with Crippen molar-refractivity contribution >= 4 is 0 Å². The summed E-state index contributed by atoms with van der Waals surface area (Å²) in [6.07, 6.45) is 5.53. The Labute approximate surface area is 187 Å². The summed E-state index contributed by atoms with van der Waals surface area (Å²) in [6, 6.07) is 10.6. The zero-order chi connectivity index (χ0) is 23.1.